The maximum absolute atomic E-state index is 12.1. The molecule has 0 spiro atoms. The second kappa shape index (κ2) is 5.66. The summed E-state index contributed by atoms with van der Waals surface area (Å²) in [7, 11) is 0. The van der Waals surface area contributed by atoms with Gasteiger partial charge in [-0.05, 0) is 48.4 Å². The van der Waals surface area contributed by atoms with Gasteiger partial charge in [0.15, 0.2) is 0 Å². The lowest BCUT2D eigenvalue weighted by Crippen LogP contribution is -2.25. The molecule has 3 rings (SSSR count). The Balaban J connectivity index is 1.64. The number of aromatic nitrogens is 2. The number of H-pyrrole nitrogens is 1. The lowest BCUT2D eigenvalue weighted by molar-refractivity contribution is 0.0950. The van der Waals surface area contributed by atoms with Gasteiger partial charge in [-0.2, -0.15) is 0 Å². The van der Waals surface area contributed by atoms with Gasteiger partial charge in [-0.25, -0.2) is 0 Å². The van der Waals surface area contributed by atoms with Crippen molar-refractivity contribution in [2.24, 2.45) is 0 Å². The van der Waals surface area contributed by atoms with Crippen LogP contribution in [0.5, 0.6) is 0 Å². The van der Waals surface area contributed by atoms with Gasteiger partial charge in [0.25, 0.3) is 5.91 Å². The number of nitrogens with one attached hydrogen (secondary N) is 2. The topological polar surface area (TPSA) is 83.8 Å². The molecule has 5 heteroatoms. The average Bonchev–Trinajstić information content (AvgIpc) is 2.91. The van der Waals surface area contributed by atoms with Crippen molar-refractivity contribution in [3.8, 4) is 0 Å². The highest BCUT2D eigenvalue weighted by Crippen LogP contribution is 2.18. The number of hydrogen-bond donors (Lipinski definition) is 3. The molecule has 5 nitrogen and oxygen atoms in total. The molecule has 0 bridgehead atoms. The SMILES string of the molecule is Nc1ccc2[nH]c(C(=O)NCCc3ccncc3)cc2c1. The van der Waals surface area contributed by atoms with E-state index in [1.807, 2.05) is 36.4 Å². The lowest BCUT2D eigenvalue weighted by Gasteiger charge is -2.03. The zero-order valence-corrected chi connectivity index (χ0v) is 11.5. The zero-order chi connectivity index (χ0) is 14.7. The number of pyridine rings is 1. The van der Waals surface area contributed by atoms with Crippen LogP contribution in [0.15, 0.2) is 48.8 Å². The molecule has 0 aliphatic rings. The smallest absolute Gasteiger partial charge is 0.267 e. The number of anilines is 1. The van der Waals surface area contributed by atoms with E-state index in [1.165, 1.54) is 0 Å². The highest BCUT2D eigenvalue weighted by atomic mass is 16.1. The van der Waals surface area contributed by atoms with E-state index in [1.54, 1.807) is 12.4 Å². The molecule has 0 fully saturated rings. The number of benzene rings is 1. The molecule has 0 saturated carbocycles. The second-order valence-electron chi connectivity index (χ2n) is 4.89. The predicted molar refractivity (Wildman–Crippen MR) is 83.0 cm³/mol. The number of aromatic amines is 1. The van der Waals surface area contributed by atoms with E-state index in [0.717, 1.165) is 22.9 Å². The molecule has 0 atom stereocenters. The number of carbonyl (C=O) groups is 1. The number of hydrogen-bond acceptors (Lipinski definition) is 3. The van der Waals surface area contributed by atoms with Gasteiger partial charge in [-0.1, -0.05) is 0 Å². The first-order valence-electron chi connectivity index (χ1n) is 6.78. The molecule has 0 unspecified atom stereocenters. The van der Waals surface area contributed by atoms with E-state index in [0.29, 0.717) is 17.9 Å². The molecule has 1 aromatic carbocycles. The fourth-order valence-electron chi connectivity index (χ4n) is 2.24. The van der Waals surface area contributed by atoms with Crippen LogP contribution in [0.2, 0.25) is 0 Å². The molecule has 2 aromatic heterocycles. The third-order valence-electron chi connectivity index (χ3n) is 3.34. The Kier molecular flexibility index (Phi) is 3.55. The lowest BCUT2D eigenvalue weighted by atomic mass is 10.2. The summed E-state index contributed by atoms with van der Waals surface area (Å²) in [6.45, 7) is 0.584. The monoisotopic (exact) mass is 280 g/mol. The van der Waals surface area contributed by atoms with E-state index < -0.39 is 0 Å². The molecule has 0 radical (unpaired) electrons. The van der Waals surface area contributed by atoms with Crippen molar-refractivity contribution in [3.63, 3.8) is 0 Å². The first kappa shape index (κ1) is 13.2. The molecular weight excluding hydrogens is 264 g/mol. The number of nitrogen functional groups attached to an aromatic ring is 1. The summed E-state index contributed by atoms with van der Waals surface area (Å²) in [5.74, 6) is -0.112. The highest BCUT2D eigenvalue weighted by Gasteiger charge is 2.09. The normalized spacial score (nSPS) is 10.7. The van der Waals surface area contributed by atoms with Gasteiger partial charge in [-0.15, -0.1) is 0 Å². The molecule has 106 valence electrons. The van der Waals surface area contributed by atoms with Crippen molar-refractivity contribution in [2.45, 2.75) is 6.42 Å². The summed E-state index contributed by atoms with van der Waals surface area (Å²) in [6, 6.07) is 11.2. The molecule has 2 heterocycles. The van der Waals surface area contributed by atoms with Crippen LogP contribution in [0, 0.1) is 0 Å². The van der Waals surface area contributed by atoms with Gasteiger partial charge in [0.05, 0.1) is 0 Å². The van der Waals surface area contributed by atoms with Crippen molar-refractivity contribution < 1.29 is 4.79 Å². The molecule has 21 heavy (non-hydrogen) atoms. The van der Waals surface area contributed by atoms with Crippen molar-refractivity contribution >= 4 is 22.5 Å². The van der Waals surface area contributed by atoms with E-state index in [2.05, 4.69) is 15.3 Å². The Bertz CT molecular complexity index is 764. The number of fused-ring (bicyclic) bond motifs is 1. The maximum Gasteiger partial charge on any atom is 0.267 e. The van der Waals surface area contributed by atoms with E-state index in [4.69, 9.17) is 5.73 Å². The van der Waals surface area contributed by atoms with Gasteiger partial charge < -0.3 is 16.0 Å². The summed E-state index contributed by atoms with van der Waals surface area (Å²) < 4.78 is 0. The van der Waals surface area contributed by atoms with Crippen LogP contribution in [-0.4, -0.2) is 22.4 Å². The molecule has 3 aromatic rings. The van der Waals surface area contributed by atoms with Crippen molar-refractivity contribution in [1.29, 1.82) is 0 Å². The van der Waals surface area contributed by atoms with Crippen LogP contribution in [0.4, 0.5) is 5.69 Å². The fourth-order valence-corrected chi connectivity index (χ4v) is 2.24. The van der Waals surface area contributed by atoms with Gasteiger partial charge in [0.1, 0.15) is 5.69 Å². The Labute approximate surface area is 122 Å². The molecule has 0 aliphatic heterocycles. The predicted octanol–water partition coefficient (Wildman–Crippen LogP) is 2.12. The molecular formula is C16H16N4O. The van der Waals surface area contributed by atoms with Crippen molar-refractivity contribution in [2.75, 3.05) is 12.3 Å². The second-order valence-corrected chi connectivity index (χ2v) is 4.89. The number of nitrogens with zero attached hydrogens (tertiary/aromatic N) is 1. The summed E-state index contributed by atoms with van der Waals surface area (Å²) in [5, 5.41) is 3.84. The Morgan fingerprint density at radius 3 is 2.81 bits per heavy atom. The minimum absolute atomic E-state index is 0.112. The van der Waals surface area contributed by atoms with Gasteiger partial charge in [-0.3, -0.25) is 9.78 Å². The minimum atomic E-state index is -0.112. The highest BCUT2D eigenvalue weighted by molar-refractivity contribution is 5.98. The summed E-state index contributed by atoms with van der Waals surface area (Å²) in [5.41, 5.74) is 9.02. The zero-order valence-electron chi connectivity index (χ0n) is 11.5. The Hall–Kier alpha value is -2.82. The van der Waals surface area contributed by atoms with Crippen molar-refractivity contribution in [1.82, 2.24) is 15.3 Å². The molecule has 1 amide bonds. The summed E-state index contributed by atoms with van der Waals surface area (Å²) in [4.78, 5) is 19.2. The fraction of sp³-hybridized carbons (Fsp3) is 0.125. The van der Waals surface area contributed by atoms with Gasteiger partial charge >= 0.3 is 0 Å². The number of nitrogens with two attached hydrogens (primary N) is 1. The first-order valence-corrected chi connectivity index (χ1v) is 6.78. The summed E-state index contributed by atoms with van der Waals surface area (Å²) >= 11 is 0. The maximum atomic E-state index is 12.1. The van der Waals surface area contributed by atoms with E-state index in [-0.39, 0.29) is 5.91 Å². The van der Waals surface area contributed by atoms with Crippen LogP contribution in [0.3, 0.4) is 0 Å². The van der Waals surface area contributed by atoms with Crippen LogP contribution in [0.1, 0.15) is 16.1 Å². The molecule has 0 aliphatic carbocycles. The minimum Gasteiger partial charge on any atom is -0.399 e. The Morgan fingerprint density at radius 1 is 1.19 bits per heavy atom. The third kappa shape index (κ3) is 3.02. The summed E-state index contributed by atoms with van der Waals surface area (Å²) in [6.07, 6.45) is 4.28. The van der Waals surface area contributed by atoms with Crippen molar-refractivity contribution in [3.05, 3.63) is 60.0 Å². The van der Waals surface area contributed by atoms with E-state index in [9.17, 15) is 4.79 Å². The molecule has 0 saturated heterocycles. The molecule has 4 N–H and O–H groups in total. The third-order valence-corrected chi connectivity index (χ3v) is 3.34. The van der Waals surface area contributed by atoms with Crippen LogP contribution >= 0.6 is 0 Å². The standard InChI is InChI=1S/C16H16N4O/c17-13-1-2-14-12(9-13)10-15(20-14)16(21)19-8-5-11-3-6-18-7-4-11/h1-4,6-7,9-10,20H,5,8,17H2,(H,19,21). The van der Waals surface area contributed by atoms with Gasteiger partial charge in [0.2, 0.25) is 0 Å². The first-order chi connectivity index (χ1) is 10.2. The van der Waals surface area contributed by atoms with E-state index >= 15 is 0 Å². The number of rotatable bonds is 4. The number of amides is 1. The quantitative estimate of drug-likeness (QED) is 0.640. The van der Waals surface area contributed by atoms with Gasteiger partial charge in [0, 0.05) is 35.5 Å². The average molecular weight is 280 g/mol. The largest absolute Gasteiger partial charge is 0.399 e. The van der Waals surface area contributed by atoms with Crippen LogP contribution in [0.25, 0.3) is 10.9 Å². The van der Waals surface area contributed by atoms with Crippen LogP contribution < -0.4 is 11.1 Å². The number of carbonyl (C=O) groups excluding carboxylic acids is 1. The Morgan fingerprint density at radius 2 is 2.00 bits per heavy atom. The van der Waals surface area contributed by atoms with Crippen LogP contribution in [-0.2, 0) is 6.42 Å².